The lowest BCUT2D eigenvalue weighted by Crippen LogP contribution is -2.41. The van der Waals surface area contributed by atoms with Crippen molar-refractivity contribution in [1.82, 2.24) is 5.32 Å². The third-order valence-electron chi connectivity index (χ3n) is 2.73. The van der Waals surface area contributed by atoms with Crippen LogP contribution >= 0.6 is 0 Å². The first-order valence-electron chi connectivity index (χ1n) is 4.43. The van der Waals surface area contributed by atoms with Gasteiger partial charge >= 0.3 is 5.97 Å². The Morgan fingerprint density at radius 2 is 1.86 bits per heavy atom. The van der Waals surface area contributed by atoms with Crippen LogP contribution in [0.25, 0.3) is 0 Å². The summed E-state index contributed by atoms with van der Waals surface area (Å²) in [6.07, 6.45) is 2.65. The largest absolute Gasteiger partial charge is 0.481 e. The van der Waals surface area contributed by atoms with Gasteiger partial charge in [-0.1, -0.05) is 12.2 Å². The predicted octanol–water partition coefficient (Wildman–Crippen LogP) is -0.613. The lowest BCUT2D eigenvalue weighted by molar-refractivity contribution is -0.146. The molecule has 0 radical (unpaired) electrons. The molecule has 1 fully saturated rings. The van der Waals surface area contributed by atoms with Crippen molar-refractivity contribution in [3.63, 3.8) is 0 Å². The van der Waals surface area contributed by atoms with E-state index in [1.165, 1.54) is 7.05 Å². The lowest BCUT2D eigenvalue weighted by Gasteiger charge is -2.19. The number of carboxylic acid groups (broad SMARTS) is 1. The van der Waals surface area contributed by atoms with Crippen LogP contribution in [0.3, 0.4) is 0 Å². The monoisotopic (exact) mass is 197 g/mol. The van der Waals surface area contributed by atoms with Crippen LogP contribution in [-0.4, -0.2) is 36.2 Å². The van der Waals surface area contributed by atoms with Gasteiger partial charge in [0.2, 0.25) is 5.91 Å². The van der Waals surface area contributed by atoms with Crippen LogP contribution in [-0.2, 0) is 14.3 Å². The van der Waals surface area contributed by atoms with Crippen molar-refractivity contribution >= 4 is 11.9 Å². The molecule has 1 saturated heterocycles. The molecule has 0 aromatic heterocycles. The molecule has 0 aromatic carbocycles. The second kappa shape index (κ2) is 3.09. The molecule has 2 rings (SSSR count). The summed E-state index contributed by atoms with van der Waals surface area (Å²) in [5.41, 5.74) is 0. The fourth-order valence-electron chi connectivity index (χ4n) is 2.08. The van der Waals surface area contributed by atoms with Crippen LogP contribution in [0.1, 0.15) is 0 Å². The summed E-state index contributed by atoms with van der Waals surface area (Å²) >= 11 is 0. The summed E-state index contributed by atoms with van der Waals surface area (Å²) in [6.45, 7) is 0. The van der Waals surface area contributed by atoms with Crippen molar-refractivity contribution in [3.05, 3.63) is 12.2 Å². The third kappa shape index (κ3) is 1.13. The number of nitrogens with one attached hydrogen (secondary N) is 1. The van der Waals surface area contributed by atoms with Gasteiger partial charge in [0.25, 0.3) is 0 Å². The molecule has 5 nitrogen and oxygen atoms in total. The van der Waals surface area contributed by atoms with Crippen molar-refractivity contribution in [1.29, 1.82) is 0 Å². The summed E-state index contributed by atoms with van der Waals surface area (Å²) in [6, 6.07) is 0. The summed E-state index contributed by atoms with van der Waals surface area (Å²) in [7, 11) is 1.50. The molecule has 14 heavy (non-hydrogen) atoms. The highest BCUT2D eigenvalue weighted by Crippen LogP contribution is 2.39. The highest BCUT2D eigenvalue weighted by Gasteiger charge is 2.52. The summed E-state index contributed by atoms with van der Waals surface area (Å²) in [5.74, 6) is -2.58. The van der Waals surface area contributed by atoms with Gasteiger partial charge in [-0.3, -0.25) is 9.59 Å². The fourth-order valence-corrected chi connectivity index (χ4v) is 2.08. The minimum absolute atomic E-state index is 0.269. The van der Waals surface area contributed by atoms with Crippen LogP contribution in [0.2, 0.25) is 0 Å². The Bertz CT molecular complexity index is 312. The quantitative estimate of drug-likeness (QED) is 0.579. The molecule has 4 unspecified atom stereocenters. The normalized spacial score (nSPS) is 38.6. The molecule has 2 aliphatic heterocycles. The summed E-state index contributed by atoms with van der Waals surface area (Å²) in [5, 5.41) is 11.4. The Balaban J connectivity index is 2.26. The Kier molecular flexibility index (Phi) is 2.03. The van der Waals surface area contributed by atoms with Crippen molar-refractivity contribution in [2.75, 3.05) is 7.05 Å². The van der Waals surface area contributed by atoms with E-state index in [4.69, 9.17) is 9.84 Å². The minimum Gasteiger partial charge on any atom is -0.481 e. The van der Waals surface area contributed by atoms with Gasteiger partial charge in [-0.15, -0.1) is 0 Å². The van der Waals surface area contributed by atoms with Crippen LogP contribution in [0.5, 0.6) is 0 Å². The lowest BCUT2D eigenvalue weighted by atomic mass is 9.82. The van der Waals surface area contributed by atoms with E-state index < -0.39 is 23.9 Å². The van der Waals surface area contributed by atoms with Gasteiger partial charge in [0.1, 0.15) is 5.92 Å². The van der Waals surface area contributed by atoms with Crippen LogP contribution in [0.15, 0.2) is 12.2 Å². The first-order chi connectivity index (χ1) is 6.65. The molecule has 76 valence electrons. The number of carbonyl (C=O) groups is 2. The Labute approximate surface area is 80.7 Å². The molecule has 4 atom stereocenters. The summed E-state index contributed by atoms with van der Waals surface area (Å²) in [4.78, 5) is 22.4. The van der Waals surface area contributed by atoms with Gasteiger partial charge in [-0.05, 0) is 0 Å². The van der Waals surface area contributed by atoms with Gasteiger partial charge in [0, 0.05) is 7.05 Å². The van der Waals surface area contributed by atoms with Gasteiger partial charge in [-0.25, -0.2) is 0 Å². The maximum atomic E-state index is 11.4. The zero-order valence-electron chi connectivity index (χ0n) is 7.64. The maximum absolute atomic E-state index is 11.4. The molecule has 0 saturated carbocycles. The van der Waals surface area contributed by atoms with Gasteiger partial charge in [-0.2, -0.15) is 0 Å². The van der Waals surface area contributed by atoms with E-state index >= 15 is 0 Å². The first kappa shape index (κ1) is 9.21. The Hall–Kier alpha value is -1.36. The minimum atomic E-state index is -0.976. The summed E-state index contributed by atoms with van der Waals surface area (Å²) < 4.78 is 5.33. The first-order valence-corrected chi connectivity index (χ1v) is 4.43. The second-order valence-electron chi connectivity index (χ2n) is 3.45. The number of carboxylic acids is 1. The Morgan fingerprint density at radius 3 is 2.36 bits per heavy atom. The van der Waals surface area contributed by atoms with E-state index in [1.807, 2.05) is 0 Å². The number of hydrogen-bond donors (Lipinski definition) is 2. The van der Waals surface area contributed by atoms with Crippen LogP contribution < -0.4 is 5.32 Å². The number of aliphatic carboxylic acids is 1. The highest BCUT2D eigenvalue weighted by molar-refractivity contribution is 5.87. The zero-order chi connectivity index (χ0) is 10.3. The average molecular weight is 197 g/mol. The van der Waals surface area contributed by atoms with E-state index in [0.717, 1.165) is 0 Å². The molecule has 0 spiro atoms. The van der Waals surface area contributed by atoms with Crippen LogP contribution in [0, 0.1) is 11.8 Å². The number of carbonyl (C=O) groups excluding carboxylic acids is 1. The molecule has 5 heteroatoms. The number of rotatable bonds is 2. The molecular weight excluding hydrogens is 186 g/mol. The number of hydrogen-bond acceptors (Lipinski definition) is 3. The second-order valence-corrected chi connectivity index (χ2v) is 3.45. The SMILES string of the molecule is CNC(=O)C1C2C=CC(O2)C1C(=O)O. The maximum Gasteiger partial charge on any atom is 0.310 e. The number of ether oxygens (including phenoxy) is 1. The molecule has 2 aliphatic rings. The van der Waals surface area contributed by atoms with E-state index in [0.29, 0.717) is 0 Å². The van der Waals surface area contributed by atoms with Gasteiger partial charge < -0.3 is 15.2 Å². The molecular formula is C9H11NO4. The number of fused-ring (bicyclic) bond motifs is 2. The topological polar surface area (TPSA) is 75.6 Å². The smallest absolute Gasteiger partial charge is 0.310 e. The van der Waals surface area contributed by atoms with Gasteiger partial charge in [0.15, 0.2) is 0 Å². The predicted molar refractivity (Wildman–Crippen MR) is 46.5 cm³/mol. The fraction of sp³-hybridized carbons (Fsp3) is 0.556. The highest BCUT2D eigenvalue weighted by atomic mass is 16.5. The Morgan fingerprint density at radius 1 is 1.29 bits per heavy atom. The van der Waals surface area contributed by atoms with E-state index in [9.17, 15) is 9.59 Å². The van der Waals surface area contributed by atoms with Gasteiger partial charge in [0.05, 0.1) is 18.1 Å². The van der Waals surface area contributed by atoms with E-state index in [-0.39, 0.29) is 12.0 Å². The van der Waals surface area contributed by atoms with Crippen LogP contribution in [0.4, 0.5) is 0 Å². The molecule has 0 aromatic rings. The molecule has 2 heterocycles. The van der Waals surface area contributed by atoms with Crippen molar-refractivity contribution in [2.45, 2.75) is 12.2 Å². The molecule has 2 N–H and O–H groups in total. The van der Waals surface area contributed by atoms with E-state index in [1.54, 1.807) is 12.2 Å². The third-order valence-corrected chi connectivity index (χ3v) is 2.73. The number of amides is 1. The van der Waals surface area contributed by atoms with E-state index in [2.05, 4.69) is 5.32 Å². The molecule has 1 amide bonds. The van der Waals surface area contributed by atoms with Crippen molar-refractivity contribution < 1.29 is 19.4 Å². The molecule has 2 bridgehead atoms. The standard InChI is InChI=1S/C9H11NO4/c1-10-8(11)6-4-2-3-5(14-4)7(6)9(12)13/h2-7H,1H3,(H,10,11)(H,12,13). The average Bonchev–Trinajstić information content (AvgIpc) is 2.74. The zero-order valence-corrected chi connectivity index (χ0v) is 7.64. The van der Waals surface area contributed by atoms with Crippen molar-refractivity contribution in [2.24, 2.45) is 11.8 Å². The van der Waals surface area contributed by atoms with Crippen molar-refractivity contribution in [3.8, 4) is 0 Å². The molecule has 0 aliphatic carbocycles.